The Kier molecular flexibility index (Phi) is 10.7. The number of carbonyl (C=O) groups is 1. The zero-order chi connectivity index (χ0) is 35.8. The van der Waals surface area contributed by atoms with E-state index in [1.165, 1.54) is 17.7 Å². The molecule has 0 aliphatic carbocycles. The Labute approximate surface area is 306 Å². The van der Waals surface area contributed by atoms with Gasteiger partial charge in [-0.2, -0.15) is 0 Å². The van der Waals surface area contributed by atoms with Crippen molar-refractivity contribution in [2.45, 2.75) is 63.6 Å². The number of alkyl halides is 3. The Morgan fingerprint density at radius 3 is 2.20 bits per heavy atom. The molecule has 3 fully saturated rings. The number of carbonyl (C=O) groups excluding carboxylic acids is 1. The van der Waals surface area contributed by atoms with Gasteiger partial charge in [-0.15, -0.1) is 13.2 Å². The van der Waals surface area contributed by atoms with Crippen molar-refractivity contribution in [3.8, 4) is 16.9 Å². The molecular weight excluding hydrogens is 698 g/mol. The van der Waals surface area contributed by atoms with Crippen LogP contribution in [0.2, 0.25) is 10.0 Å². The van der Waals surface area contributed by atoms with Crippen molar-refractivity contribution in [3.63, 3.8) is 0 Å². The predicted molar refractivity (Wildman–Crippen MR) is 196 cm³/mol. The second kappa shape index (κ2) is 15.1. The minimum Gasteiger partial charge on any atom is -0.406 e. The molecule has 1 aromatic heterocycles. The smallest absolute Gasteiger partial charge is 0.406 e. The second-order valence-electron chi connectivity index (χ2n) is 14.6. The molecule has 2 atom stereocenters. The van der Waals surface area contributed by atoms with E-state index < -0.39 is 11.9 Å². The fourth-order valence-electron chi connectivity index (χ4n) is 8.27. The number of benzene rings is 3. The van der Waals surface area contributed by atoms with E-state index in [-0.39, 0.29) is 11.5 Å². The van der Waals surface area contributed by atoms with Gasteiger partial charge in [-0.25, -0.2) is 0 Å². The molecule has 0 bridgehead atoms. The summed E-state index contributed by atoms with van der Waals surface area (Å²) < 4.78 is 44.9. The van der Waals surface area contributed by atoms with Crippen LogP contribution in [0.5, 0.6) is 5.75 Å². The summed E-state index contributed by atoms with van der Waals surface area (Å²) in [6.07, 6.45) is 0.664. The second-order valence-corrected chi connectivity index (χ2v) is 15.4. The van der Waals surface area contributed by atoms with Gasteiger partial charge in [-0.1, -0.05) is 47.5 Å². The molecule has 0 radical (unpaired) electrons. The average Bonchev–Trinajstić information content (AvgIpc) is 3.76. The van der Waals surface area contributed by atoms with Crippen molar-refractivity contribution < 1.29 is 22.7 Å². The van der Waals surface area contributed by atoms with Gasteiger partial charge in [0.15, 0.2) is 5.78 Å². The number of nitrogens with one attached hydrogen (secondary N) is 1. The Morgan fingerprint density at radius 1 is 0.902 bits per heavy atom. The van der Waals surface area contributed by atoms with Crippen LogP contribution in [0.25, 0.3) is 22.0 Å². The van der Waals surface area contributed by atoms with Crippen LogP contribution >= 0.6 is 23.2 Å². The highest BCUT2D eigenvalue weighted by atomic mass is 35.5. The number of ketones is 1. The van der Waals surface area contributed by atoms with Gasteiger partial charge in [0.1, 0.15) is 5.75 Å². The van der Waals surface area contributed by atoms with Crippen LogP contribution in [0.3, 0.4) is 0 Å². The predicted octanol–water partition coefficient (Wildman–Crippen LogP) is 7.90. The first kappa shape index (κ1) is 36.2. The van der Waals surface area contributed by atoms with E-state index in [2.05, 4.69) is 48.8 Å². The standard InChI is InChI=1S/C39H44Cl2F3N5O2/c40-34-4-3-5-35(41)33(34)24-48-22-28-20-47(21-29(28)23-48)19-26-7-12-36-31(18-26)32(27-8-10-30(11-9-27)51-39(42,43)44)25-49(36)17-2-1-6-37(50)38(45)13-15-46-16-14-38/h3-5,7-12,18,25,28-29,46H,1-2,6,13-17,19-24,45H2. The molecule has 3 N–H and O–H groups in total. The monoisotopic (exact) mass is 741 g/mol. The first-order valence-corrected chi connectivity index (χ1v) is 18.6. The van der Waals surface area contributed by atoms with Gasteiger partial charge in [-0.3, -0.25) is 14.6 Å². The maximum Gasteiger partial charge on any atom is 0.573 e. The molecule has 4 heterocycles. The zero-order valence-electron chi connectivity index (χ0n) is 28.5. The Morgan fingerprint density at radius 2 is 1.55 bits per heavy atom. The Bertz CT molecular complexity index is 1820. The third-order valence-electron chi connectivity index (χ3n) is 10.9. The van der Waals surface area contributed by atoms with E-state index in [9.17, 15) is 18.0 Å². The highest BCUT2D eigenvalue weighted by molar-refractivity contribution is 6.36. The number of halogens is 5. The Balaban J connectivity index is 1.04. The summed E-state index contributed by atoms with van der Waals surface area (Å²) in [6.45, 7) is 7.88. The molecule has 272 valence electrons. The molecule has 0 saturated carbocycles. The average molecular weight is 743 g/mol. The highest BCUT2D eigenvalue weighted by Gasteiger charge is 2.40. The number of nitrogens with zero attached hydrogens (tertiary/aromatic N) is 3. The van der Waals surface area contributed by atoms with E-state index >= 15 is 0 Å². The summed E-state index contributed by atoms with van der Waals surface area (Å²) in [7, 11) is 0. The number of likely N-dealkylation sites (tertiary alicyclic amines) is 2. The van der Waals surface area contributed by atoms with E-state index in [4.69, 9.17) is 28.9 Å². The van der Waals surface area contributed by atoms with E-state index in [0.29, 0.717) is 47.7 Å². The molecule has 3 aliphatic rings. The van der Waals surface area contributed by atoms with Crippen LogP contribution in [-0.4, -0.2) is 71.3 Å². The van der Waals surface area contributed by atoms with Crippen molar-refractivity contribution in [3.05, 3.63) is 88.0 Å². The lowest BCUT2D eigenvalue weighted by Crippen LogP contribution is -2.54. The van der Waals surface area contributed by atoms with Crippen LogP contribution in [0.4, 0.5) is 13.2 Å². The van der Waals surface area contributed by atoms with E-state index in [0.717, 1.165) is 92.8 Å². The van der Waals surface area contributed by atoms with Crippen LogP contribution in [0.15, 0.2) is 66.9 Å². The molecule has 3 saturated heterocycles. The maximum atomic E-state index is 12.9. The molecule has 12 heteroatoms. The lowest BCUT2D eigenvalue weighted by Gasteiger charge is -2.32. The largest absolute Gasteiger partial charge is 0.573 e. The molecular formula is C39H44Cl2F3N5O2. The van der Waals surface area contributed by atoms with Gasteiger partial charge in [0, 0.05) is 90.5 Å². The fourth-order valence-corrected chi connectivity index (χ4v) is 8.79. The maximum absolute atomic E-state index is 12.9. The number of piperidine rings is 1. The van der Waals surface area contributed by atoms with E-state index in [1.807, 2.05) is 18.2 Å². The summed E-state index contributed by atoms with van der Waals surface area (Å²) in [5.74, 6) is 1.05. The van der Waals surface area contributed by atoms with Crippen molar-refractivity contribution >= 4 is 39.9 Å². The SMILES string of the molecule is NC1(C(=O)CCCCn2cc(-c3ccc(OC(F)(F)F)cc3)c3cc(CN4CC5CN(Cc6c(Cl)cccc6Cl)CC5C4)ccc32)CCNCC1. The lowest BCUT2D eigenvalue weighted by atomic mass is 9.83. The number of Topliss-reactive ketones (excluding diaryl/α,β-unsaturated/α-hetero) is 1. The fraction of sp³-hybridized carbons (Fsp3) is 0.462. The van der Waals surface area contributed by atoms with Crippen LogP contribution in [-0.2, 0) is 24.4 Å². The number of aryl methyl sites for hydroxylation is 1. The number of rotatable bonds is 12. The van der Waals surface area contributed by atoms with Gasteiger partial charge in [-0.05, 0) is 98.1 Å². The van der Waals surface area contributed by atoms with Gasteiger partial charge >= 0.3 is 6.36 Å². The molecule has 4 aromatic rings. The summed E-state index contributed by atoms with van der Waals surface area (Å²) in [5, 5.41) is 5.74. The van der Waals surface area contributed by atoms with Crippen molar-refractivity contribution in [1.82, 2.24) is 19.7 Å². The number of fused-ring (bicyclic) bond motifs is 2. The first-order valence-electron chi connectivity index (χ1n) is 17.8. The first-order chi connectivity index (χ1) is 24.4. The number of hydrogen-bond acceptors (Lipinski definition) is 6. The van der Waals surface area contributed by atoms with Crippen molar-refractivity contribution in [2.24, 2.45) is 17.6 Å². The molecule has 0 spiro atoms. The topological polar surface area (TPSA) is 75.8 Å². The minimum atomic E-state index is -4.75. The van der Waals surface area contributed by atoms with Crippen LogP contribution < -0.4 is 15.8 Å². The number of unbranched alkanes of at least 4 members (excludes halogenated alkanes) is 1. The summed E-state index contributed by atoms with van der Waals surface area (Å²) >= 11 is 12.9. The van der Waals surface area contributed by atoms with Crippen molar-refractivity contribution in [2.75, 3.05) is 39.3 Å². The molecule has 0 amide bonds. The van der Waals surface area contributed by atoms with E-state index in [1.54, 1.807) is 12.1 Å². The minimum absolute atomic E-state index is 0.136. The van der Waals surface area contributed by atoms with Crippen LogP contribution in [0.1, 0.15) is 43.2 Å². The van der Waals surface area contributed by atoms with Crippen molar-refractivity contribution in [1.29, 1.82) is 0 Å². The highest BCUT2D eigenvalue weighted by Crippen LogP contribution is 2.37. The normalized spacial score (nSPS) is 21.0. The number of aromatic nitrogens is 1. The summed E-state index contributed by atoms with van der Waals surface area (Å²) in [5.41, 5.74) is 10.7. The van der Waals surface area contributed by atoms with Gasteiger partial charge in [0.2, 0.25) is 0 Å². The number of nitrogens with two attached hydrogens (primary N) is 1. The van der Waals surface area contributed by atoms with Gasteiger partial charge < -0.3 is 20.4 Å². The molecule has 3 aromatic carbocycles. The molecule has 2 unspecified atom stereocenters. The summed E-state index contributed by atoms with van der Waals surface area (Å²) in [4.78, 5) is 17.9. The number of ether oxygens (including phenoxy) is 1. The lowest BCUT2D eigenvalue weighted by molar-refractivity contribution is -0.274. The summed E-state index contributed by atoms with van der Waals surface area (Å²) in [6, 6.07) is 18.3. The molecule has 51 heavy (non-hydrogen) atoms. The van der Waals surface area contributed by atoms with Gasteiger partial charge in [0.25, 0.3) is 0 Å². The van der Waals surface area contributed by atoms with Crippen LogP contribution in [0, 0.1) is 11.8 Å². The third-order valence-corrected chi connectivity index (χ3v) is 11.6. The van der Waals surface area contributed by atoms with Gasteiger partial charge in [0.05, 0.1) is 5.54 Å². The molecule has 7 nitrogen and oxygen atoms in total. The molecule has 3 aliphatic heterocycles. The Hall–Kier alpha value is -3.12. The third kappa shape index (κ3) is 8.42. The zero-order valence-corrected chi connectivity index (χ0v) is 30.0. The molecule has 7 rings (SSSR count). The number of hydrogen-bond donors (Lipinski definition) is 2. The quantitative estimate of drug-likeness (QED) is 0.144.